The molecule has 5 heteroatoms. The standard InChI is InChI=1S/C12H17N5/c1-2-7-17-12(9-15-16-17)11(13)8-10-5-3-4-6-14-10/h3-6,9,11H,2,7-8,13H2,1H3. The number of nitrogens with zero attached hydrogens (tertiary/aromatic N) is 4. The Balaban J connectivity index is 2.09. The molecule has 90 valence electrons. The lowest BCUT2D eigenvalue weighted by Crippen LogP contribution is -2.19. The van der Waals surface area contributed by atoms with Crippen molar-refractivity contribution < 1.29 is 0 Å². The Morgan fingerprint density at radius 1 is 1.41 bits per heavy atom. The first kappa shape index (κ1) is 11.7. The van der Waals surface area contributed by atoms with Crippen LogP contribution in [-0.4, -0.2) is 20.0 Å². The van der Waals surface area contributed by atoms with E-state index in [0.29, 0.717) is 6.42 Å². The van der Waals surface area contributed by atoms with Crippen molar-refractivity contribution in [2.75, 3.05) is 0 Å². The Kier molecular flexibility index (Phi) is 3.82. The molecule has 2 rings (SSSR count). The lowest BCUT2D eigenvalue weighted by molar-refractivity contribution is 0.524. The molecule has 1 unspecified atom stereocenters. The van der Waals surface area contributed by atoms with Crippen LogP contribution in [-0.2, 0) is 13.0 Å². The van der Waals surface area contributed by atoms with Gasteiger partial charge in [-0.2, -0.15) is 0 Å². The van der Waals surface area contributed by atoms with E-state index in [1.54, 1.807) is 12.4 Å². The fraction of sp³-hybridized carbons (Fsp3) is 0.417. The van der Waals surface area contributed by atoms with Gasteiger partial charge in [-0.3, -0.25) is 4.98 Å². The molecule has 0 fully saturated rings. The van der Waals surface area contributed by atoms with Gasteiger partial charge in [0.25, 0.3) is 0 Å². The molecule has 5 nitrogen and oxygen atoms in total. The monoisotopic (exact) mass is 231 g/mol. The molecule has 1 atom stereocenters. The van der Waals surface area contributed by atoms with E-state index in [9.17, 15) is 0 Å². The highest BCUT2D eigenvalue weighted by Crippen LogP contribution is 2.13. The molecule has 0 spiro atoms. The molecule has 2 aromatic heterocycles. The third kappa shape index (κ3) is 2.88. The number of rotatable bonds is 5. The van der Waals surface area contributed by atoms with E-state index in [-0.39, 0.29) is 6.04 Å². The molecule has 0 radical (unpaired) electrons. The van der Waals surface area contributed by atoms with Crippen molar-refractivity contribution in [3.05, 3.63) is 42.0 Å². The number of hydrogen-bond donors (Lipinski definition) is 1. The van der Waals surface area contributed by atoms with Gasteiger partial charge in [-0.25, -0.2) is 4.68 Å². The van der Waals surface area contributed by atoms with Crippen LogP contribution in [0.15, 0.2) is 30.6 Å². The van der Waals surface area contributed by atoms with Crippen molar-refractivity contribution in [1.82, 2.24) is 20.0 Å². The summed E-state index contributed by atoms with van der Waals surface area (Å²) in [6, 6.07) is 5.74. The molecule has 0 aliphatic heterocycles. The van der Waals surface area contributed by atoms with Gasteiger partial charge < -0.3 is 5.73 Å². The van der Waals surface area contributed by atoms with Crippen LogP contribution in [0.2, 0.25) is 0 Å². The zero-order chi connectivity index (χ0) is 12.1. The van der Waals surface area contributed by atoms with E-state index in [4.69, 9.17) is 5.73 Å². The summed E-state index contributed by atoms with van der Waals surface area (Å²) in [6.07, 6.45) is 5.25. The molecule has 17 heavy (non-hydrogen) atoms. The Labute approximate surface area is 101 Å². The summed E-state index contributed by atoms with van der Waals surface area (Å²) >= 11 is 0. The van der Waals surface area contributed by atoms with E-state index >= 15 is 0 Å². The second-order valence-electron chi connectivity index (χ2n) is 4.01. The first-order valence-corrected chi connectivity index (χ1v) is 5.85. The fourth-order valence-electron chi connectivity index (χ4n) is 1.79. The molecule has 0 amide bonds. The molecule has 2 N–H and O–H groups in total. The van der Waals surface area contributed by atoms with Gasteiger partial charge in [0.05, 0.1) is 17.9 Å². The highest BCUT2D eigenvalue weighted by atomic mass is 15.4. The van der Waals surface area contributed by atoms with Crippen LogP contribution in [0.25, 0.3) is 0 Å². The second kappa shape index (κ2) is 5.54. The zero-order valence-corrected chi connectivity index (χ0v) is 9.95. The van der Waals surface area contributed by atoms with E-state index < -0.39 is 0 Å². The van der Waals surface area contributed by atoms with Crippen LogP contribution in [0.5, 0.6) is 0 Å². The van der Waals surface area contributed by atoms with Gasteiger partial charge in [0.1, 0.15) is 0 Å². The summed E-state index contributed by atoms with van der Waals surface area (Å²) in [5.74, 6) is 0. The van der Waals surface area contributed by atoms with Crippen LogP contribution in [0.4, 0.5) is 0 Å². The molecule has 2 heterocycles. The minimum atomic E-state index is -0.105. The highest BCUT2D eigenvalue weighted by Gasteiger charge is 2.13. The van der Waals surface area contributed by atoms with E-state index in [0.717, 1.165) is 24.4 Å². The summed E-state index contributed by atoms with van der Waals surface area (Å²) < 4.78 is 1.87. The SMILES string of the molecule is CCCn1nncc1C(N)Cc1ccccn1. The molecule has 0 aromatic carbocycles. The Morgan fingerprint density at radius 2 is 2.29 bits per heavy atom. The molecular weight excluding hydrogens is 214 g/mol. The maximum absolute atomic E-state index is 6.16. The first-order chi connectivity index (χ1) is 8.31. The second-order valence-corrected chi connectivity index (χ2v) is 4.01. The maximum Gasteiger partial charge on any atom is 0.0758 e. The topological polar surface area (TPSA) is 69.6 Å². The molecule has 0 aliphatic carbocycles. The third-order valence-electron chi connectivity index (χ3n) is 2.62. The predicted molar refractivity (Wildman–Crippen MR) is 65.2 cm³/mol. The minimum absolute atomic E-state index is 0.105. The van der Waals surface area contributed by atoms with Crippen LogP contribution in [0.1, 0.15) is 30.8 Å². The van der Waals surface area contributed by atoms with Crippen molar-refractivity contribution in [3.63, 3.8) is 0 Å². The normalized spacial score (nSPS) is 12.6. The van der Waals surface area contributed by atoms with E-state index in [1.165, 1.54) is 0 Å². The summed E-state index contributed by atoms with van der Waals surface area (Å²) in [7, 11) is 0. The fourth-order valence-corrected chi connectivity index (χ4v) is 1.79. The largest absolute Gasteiger partial charge is 0.322 e. The highest BCUT2D eigenvalue weighted by molar-refractivity contribution is 5.10. The average Bonchev–Trinajstić information content (AvgIpc) is 2.79. The van der Waals surface area contributed by atoms with E-state index in [2.05, 4.69) is 22.2 Å². The lowest BCUT2D eigenvalue weighted by Gasteiger charge is -2.12. The van der Waals surface area contributed by atoms with Crippen LogP contribution in [0.3, 0.4) is 0 Å². The van der Waals surface area contributed by atoms with Gasteiger partial charge in [0.2, 0.25) is 0 Å². The summed E-state index contributed by atoms with van der Waals surface area (Å²) in [6.45, 7) is 2.96. The van der Waals surface area contributed by atoms with Gasteiger partial charge in [-0.15, -0.1) is 5.10 Å². The van der Waals surface area contributed by atoms with Crippen molar-refractivity contribution >= 4 is 0 Å². The molecule has 0 saturated carbocycles. The van der Waals surface area contributed by atoms with Gasteiger partial charge in [0, 0.05) is 24.9 Å². The van der Waals surface area contributed by atoms with Crippen molar-refractivity contribution in [2.24, 2.45) is 5.73 Å². The van der Waals surface area contributed by atoms with Gasteiger partial charge >= 0.3 is 0 Å². The number of nitrogens with two attached hydrogens (primary N) is 1. The number of hydrogen-bond acceptors (Lipinski definition) is 4. The predicted octanol–water partition coefficient (Wildman–Crippen LogP) is 1.33. The van der Waals surface area contributed by atoms with Crippen molar-refractivity contribution in [1.29, 1.82) is 0 Å². The van der Waals surface area contributed by atoms with E-state index in [1.807, 2.05) is 22.9 Å². The number of aryl methyl sites for hydroxylation is 1. The Hall–Kier alpha value is -1.75. The molecular formula is C12H17N5. The summed E-state index contributed by atoms with van der Waals surface area (Å²) in [4.78, 5) is 4.27. The maximum atomic E-state index is 6.16. The Morgan fingerprint density at radius 3 is 3.00 bits per heavy atom. The number of aromatic nitrogens is 4. The summed E-state index contributed by atoms with van der Waals surface area (Å²) in [5.41, 5.74) is 8.12. The van der Waals surface area contributed by atoms with Crippen LogP contribution in [0, 0.1) is 0 Å². The van der Waals surface area contributed by atoms with Crippen LogP contribution < -0.4 is 5.73 Å². The molecule has 0 saturated heterocycles. The van der Waals surface area contributed by atoms with Gasteiger partial charge in [-0.1, -0.05) is 18.2 Å². The molecule has 0 aliphatic rings. The lowest BCUT2D eigenvalue weighted by atomic mass is 10.1. The molecule has 0 bridgehead atoms. The smallest absolute Gasteiger partial charge is 0.0758 e. The van der Waals surface area contributed by atoms with Crippen molar-refractivity contribution in [2.45, 2.75) is 32.4 Å². The van der Waals surface area contributed by atoms with Crippen LogP contribution >= 0.6 is 0 Å². The quantitative estimate of drug-likeness (QED) is 0.842. The van der Waals surface area contributed by atoms with Gasteiger partial charge in [-0.05, 0) is 18.6 Å². The molecule has 2 aromatic rings. The summed E-state index contributed by atoms with van der Waals surface area (Å²) in [5, 5.41) is 7.95. The first-order valence-electron chi connectivity index (χ1n) is 5.85. The third-order valence-corrected chi connectivity index (χ3v) is 2.62. The zero-order valence-electron chi connectivity index (χ0n) is 9.95. The minimum Gasteiger partial charge on any atom is -0.322 e. The van der Waals surface area contributed by atoms with Gasteiger partial charge in [0.15, 0.2) is 0 Å². The van der Waals surface area contributed by atoms with Crippen molar-refractivity contribution in [3.8, 4) is 0 Å². The Bertz CT molecular complexity index is 451. The number of pyridine rings is 1. The average molecular weight is 231 g/mol.